The summed E-state index contributed by atoms with van der Waals surface area (Å²) in [5.41, 5.74) is 0. The molecule has 1 aliphatic rings. The number of hydrogen-bond donors (Lipinski definition) is 2. The highest BCUT2D eigenvalue weighted by molar-refractivity contribution is 9.10. The summed E-state index contributed by atoms with van der Waals surface area (Å²) in [4.78, 5) is 15.4. The van der Waals surface area contributed by atoms with Crippen LogP contribution in [0.25, 0.3) is 0 Å². The maximum atomic E-state index is 12.8. The number of benzene rings is 1. The largest absolute Gasteiger partial charge is 0.352 e. The van der Waals surface area contributed by atoms with E-state index >= 15 is 0 Å². The van der Waals surface area contributed by atoms with Gasteiger partial charge in [-0.3, -0.25) is 4.79 Å². The summed E-state index contributed by atoms with van der Waals surface area (Å²) >= 11 is 3.30. The molecule has 1 saturated heterocycles. The molecule has 2 rings (SSSR count). The van der Waals surface area contributed by atoms with Crippen LogP contribution in [0.1, 0.15) is 46.5 Å². The lowest BCUT2D eigenvalue weighted by atomic mass is 10.0. The lowest BCUT2D eigenvalue weighted by Gasteiger charge is -2.33. The van der Waals surface area contributed by atoms with Crippen molar-refractivity contribution in [3.8, 4) is 0 Å². The molecular formula is C20H32BrN3O3S. The van der Waals surface area contributed by atoms with E-state index in [0.717, 1.165) is 36.9 Å². The zero-order chi connectivity index (χ0) is 20.7. The van der Waals surface area contributed by atoms with Gasteiger partial charge in [0, 0.05) is 23.6 Å². The molecule has 1 atom stereocenters. The average Bonchev–Trinajstić information content (AvgIpc) is 2.65. The van der Waals surface area contributed by atoms with Gasteiger partial charge in [0.2, 0.25) is 15.9 Å². The van der Waals surface area contributed by atoms with Gasteiger partial charge in [-0.25, -0.2) is 8.42 Å². The predicted octanol–water partition coefficient (Wildman–Crippen LogP) is 3.13. The van der Waals surface area contributed by atoms with E-state index in [1.54, 1.807) is 12.1 Å². The topological polar surface area (TPSA) is 78.5 Å². The van der Waals surface area contributed by atoms with Crippen molar-refractivity contribution >= 4 is 31.9 Å². The molecule has 28 heavy (non-hydrogen) atoms. The Morgan fingerprint density at radius 2 is 1.82 bits per heavy atom. The fraction of sp³-hybridized carbons (Fsp3) is 0.650. The summed E-state index contributed by atoms with van der Waals surface area (Å²) in [6.45, 7) is 8.94. The zero-order valence-corrected chi connectivity index (χ0v) is 19.4. The Kier molecular flexibility index (Phi) is 8.92. The van der Waals surface area contributed by atoms with E-state index in [2.05, 4.69) is 37.8 Å². The second-order valence-corrected chi connectivity index (χ2v) is 10.4. The van der Waals surface area contributed by atoms with Gasteiger partial charge in [-0.1, -0.05) is 43.1 Å². The predicted molar refractivity (Wildman–Crippen MR) is 116 cm³/mol. The normalized spacial score (nSPS) is 17.6. The van der Waals surface area contributed by atoms with Crippen LogP contribution in [0.2, 0.25) is 0 Å². The highest BCUT2D eigenvalue weighted by atomic mass is 79.9. The number of rotatable bonds is 9. The lowest BCUT2D eigenvalue weighted by molar-refractivity contribution is -0.124. The number of hydrogen-bond acceptors (Lipinski definition) is 4. The molecule has 6 nitrogen and oxygen atoms in total. The van der Waals surface area contributed by atoms with E-state index in [9.17, 15) is 13.2 Å². The molecule has 0 unspecified atom stereocenters. The Balaban J connectivity index is 1.96. The molecule has 8 heteroatoms. The van der Waals surface area contributed by atoms with E-state index in [-0.39, 0.29) is 22.8 Å². The molecule has 2 N–H and O–H groups in total. The summed E-state index contributed by atoms with van der Waals surface area (Å²) in [7, 11) is -3.77. The molecule has 1 aliphatic heterocycles. The van der Waals surface area contributed by atoms with Crippen molar-refractivity contribution in [3.05, 3.63) is 28.7 Å². The SMILES string of the molecule is CCCCN1CCC(NC(=O)[C@@H](NS(=O)(=O)c2ccc(Br)cc2)C(C)C)CC1. The van der Waals surface area contributed by atoms with Gasteiger partial charge in [-0.15, -0.1) is 0 Å². The Hall–Kier alpha value is -0.960. The van der Waals surface area contributed by atoms with Crippen molar-refractivity contribution < 1.29 is 13.2 Å². The summed E-state index contributed by atoms with van der Waals surface area (Å²) in [6, 6.07) is 5.69. The summed E-state index contributed by atoms with van der Waals surface area (Å²) in [5, 5.41) is 3.06. The van der Waals surface area contributed by atoms with E-state index in [1.807, 2.05) is 13.8 Å². The van der Waals surface area contributed by atoms with Crippen molar-refractivity contribution in [2.75, 3.05) is 19.6 Å². The molecule has 0 aromatic heterocycles. The van der Waals surface area contributed by atoms with Crippen LogP contribution in [0.4, 0.5) is 0 Å². The van der Waals surface area contributed by atoms with Crippen molar-refractivity contribution in [3.63, 3.8) is 0 Å². The molecule has 0 spiro atoms. The quantitative estimate of drug-likeness (QED) is 0.577. The fourth-order valence-electron chi connectivity index (χ4n) is 3.31. The monoisotopic (exact) mass is 473 g/mol. The molecule has 1 aromatic rings. The summed E-state index contributed by atoms with van der Waals surface area (Å²) in [5.74, 6) is -0.405. The first-order valence-corrected chi connectivity index (χ1v) is 12.3. The van der Waals surface area contributed by atoms with Crippen LogP contribution in [-0.2, 0) is 14.8 Å². The van der Waals surface area contributed by atoms with Gasteiger partial charge in [-0.05, 0) is 56.0 Å². The first-order chi connectivity index (χ1) is 13.2. The third kappa shape index (κ3) is 6.83. The number of piperidine rings is 1. The van der Waals surface area contributed by atoms with E-state index < -0.39 is 16.1 Å². The van der Waals surface area contributed by atoms with Gasteiger partial charge in [0.1, 0.15) is 6.04 Å². The Morgan fingerprint density at radius 3 is 2.36 bits per heavy atom. The minimum atomic E-state index is -3.77. The van der Waals surface area contributed by atoms with Crippen LogP contribution in [0, 0.1) is 5.92 Å². The van der Waals surface area contributed by atoms with Gasteiger partial charge in [0.25, 0.3) is 0 Å². The van der Waals surface area contributed by atoms with Crippen LogP contribution in [0.15, 0.2) is 33.6 Å². The molecule has 0 aliphatic carbocycles. The van der Waals surface area contributed by atoms with Gasteiger partial charge in [-0.2, -0.15) is 4.72 Å². The van der Waals surface area contributed by atoms with E-state index in [0.29, 0.717) is 0 Å². The number of amides is 1. The number of nitrogens with zero attached hydrogens (tertiary/aromatic N) is 1. The minimum absolute atomic E-state index is 0.101. The van der Waals surface area contributed by atoms with Crippen LogP contribution in [0.5, 0.6) is 0 Å². The highest BCUT2D eigenvalue weighted by Crippen LogP contribution is 2.17. The Bertz CT molecular complexity index is 730. The average molecular weight is 474 g/mol. The highest BCUT2D eigenvalue weighted by Gasteiger charge is 2.30. The van der Waals surface area contributed by atoms with Crippen molar-refractivity contribution in [2.45, 2.75) is 63.4 Å². The Labute approximate surface area is 177 Å². The van der Waals surface area contributed by atoms with Gasteiger partial charge < -0.3 is 10.2 Å². The van der Waals surface area contributed by atoms with Crippen LogP contribution in [0.3, 0.4) is 0 Å². The maximum Gasteiger partial charge on any atom is 0.241 e. The number of carbonyl (C=O) groups is 1. The molecule has 1 amide bonds. The Morgan fingerprint density at radius 1 is 1.21 bits per heavy atom. The maximum absolute atomic E-state index is 12.8. The van der Waals surface area contributed by atoms with Crippen LogP contribution >= 0.6 is 15.9 Å². The van der Waals surface area contributed by atoms with E-state index in [4.69, 9.17) is 0 Å². The van der Waals surface area contributed by atoms with Crippen LogP contribution in [-0.4, -0.2) is 50.9 Å². The molecule has 1 heterocycles. The summed E-state index contributed by atoms with van der Waals surface area (Å²) < 4.78 is 28.8. The van der Waals surface area contributed by atoms with Crippen molar-refractivity contribution in [1.82, 2.24) is 14.9 Å². The number of nitrogens with one attached hydrogen (secondary N) is 2. The number of carbonyl (C=O) groups excluding carboxylic acids is 1. The summed E-state index contributed by atoms with van der Waals surface area (Å²) in [6.07, 6.45) is 4.19. The second-order valence-electron chi connectivity index (χ2n) is 7.77. The number of unbranched alkanes of at least 4 members (excludes halogenated alkanes) is 1. The molecule has 1 fully saturated rings. The zero-order valence-electron chi connectivity index (χ0n) is 16.9. The molecule has 0 saturated carbocycles. The van der Waals surface area contributed by atoms with Gasteiger partial charge >= 0.3 is 0 Å². The molecule has 1 aromatic carbocycles. The fourth-order valence-corrected chi connectivity index (χ4v) is 4.92. The van der Waals surface area contributed by atoms with Gasteiger partial charge in [0.05, 0.1) is 4.90 Å². The molecule has 158 valence electrons. The first-order valence-electron chi connectivity index (χ1n) is 10.0. The van der Waals surface area contributed by atoms with Gasteiger partial charge in [0.15, 0.2) is 0 Å². The second kappa shape index (κ2) is 10.7. The third-order valence-corrected chi connectivity index (χ3v) is 7.10. The van der Waals surface area contributed by atoms with Crippen molar-refractivity contribution in [1.29, 1.82) is 0 Å². The van der Waals surface area contributed by atoms with Crippen molar-refractivity contribution in [2.24, 2.45) is 5.92 Å². The first kappa shape index (κ1) is 23.3. The number of sulfonamides is 1. The minimum Gasteiger partial charge on any atom is -0.352 e. The van der Waals surface area contributed by atoms with E-state index in [1.165, 1.54) is 25.0 Å². The van der Waals surface area contributed by atoms with Crippen LogP contribution < -0.4 is 10.0 Å². The number of likely N-dealkylation sites (tertiary alicyclic amines) is 1. The molecular weight excluding hydrogens is 442 g/mol. The molecule has 0 radical (unpaired) electrons. The molecule has 0 bridgehead atoms. The third-order valence-electron chi connectivity index (χ3n) is 5.12. The smallest absolute Gasteiger partial charge is 0.241 e. The standard InChI is InChI=1S/C20H32BrN3O3S/c1-4-5-12-24-13-10-17(11-14-24)22-20(25)19(15(2)3)23-28(26,27)18-8-6-16(21)7-9-18/h6-9,15,17,19,23H,4-5,10-14H2,1-3H3,(H,22,25)/t19-/m0/s1. The lowest BCUT2D eigenvalue weighted by Crippen LogP contribution is -2.53. The number of halogens is 1.